The minimum absolute atomic E-state index is 0.0356. The second kappa shape index (κ2) is 5.81. The maximum Gasteiger partial charge on any atom is 0.433 e. The maximum absolute atomic E-state index is 13.2. The molecule has 0 fully saturated rings. The highest BCUT2D eigenvalue weighted by Crippen LogP contribution is 2.34. The largest absolute Gasteiger partial charge is 0.433 e. The SMILES string of the molecule is O=c1[nH]c2cc(-c3ccnc(C(F)(F)F)c3)nn2c2cccc(C(F)(F)F)c12. The molecule has 0 aliphatic carbocycles. The molecular weight excluding hydrogens is 390 g/mol. The van der Waals surface area contributed by atoms with Crippen LogP contribution < -0.4 is 5.56 Å². The Labute approximate surface area is 151 Å². The Kier molecular flexibility index (Phi) is 3.74. The lowest BCUT2D eigenvalue weighted by Crippen LogP contribution is -2.16. The Morgan fingerprint density at radius 1 is 0.964 bits per heavy atom. The quantitative estimate of drug-likeness (QED) is 0.487. The summed E-state index contributed by atoms with van der Waals surface area (Å²) in [6.45, 7) is 0. The molecule has 0 unspecified atom stereocenters. The molecule has 144 valence electrons. The fourth-order valence-corrected chi connectivity index (χ4v) is 2.91. The van der Waals surface area contributed by atoms with E-state index in [4.69, 9.17) is 0 Å². The summed E-state index contributed by atoms with van der Waals surface area (Å²) in [5.74, 6) is 0. The molecule has 4 aromatic rings. The second-order valence-corrected chi connectivity index (χ2v) is 5.91. The van der Waals surface area contributed by atoms with Crippen molar-refractivity contribution in [1.29, 1.82) is 0 Å². The lowest BCUT2D eigenvalue weighted by molar-refractivity contribution is -0.141. The van der Waals surface area contributed by atoms with E-state index in [-0.39, 0.29) is 22.4 Å². The number of benzene rings is 1. The number of aromatic nitrogens is 4. The van der Waals surface area contributed by atoms with Crippen LogP contribution in [0.2, 0.25) is 0 Å². The van der Waals surface area contributed by atoms with Gasteiger partial charge in [0, 0.05) is 17.8 Å². The Hall–Kier alpha value is -3.37. The molecule has 5 nitrogen and oxygen atoms in total. The van der Waals surface area contributed by atoms with E-state index in [1.165, 1.54) is 18.2 Å². The minimum atomic E-state index is -4.76. The van der Waals surface area contributed by atoms with E-state index < -0.39 is 34.6 Å². The van der Waals surface area contributed by atoms with Gasteiger partial charge in [-0.05, 0) is 24.3 Å². The normalized spacial score (nSPS) is 12.8. The number of aromatic amines is 1. The fourth-order valence-electron chi connectivity index (χ4n) is 2.91. The van der Waals surface area contributed by atoms with Crippen molar-refractivity contribution in [2.45, 2.75) is 12.4 Å². The standard InChI is InChI=1S/C17H8F6N4O/c18-16(19,20)9-2-1-3-11-14(9)15(28)25-13-7-10(26-27(11)13)8-4-5-24-12(6-8)17(21,22)23/h1-7H,(H,25,28). The van der Waals surface area contributed by atoms with Gasteiger partial charge in [-0.1, -0.05) is 6.07 Å². The van der Waals surface area contributed by atoms with Gasteiger partial charge in [0.15, 0.2) is 0 Å². The van der Waals surface area contributed by atoms with Gasteiger partial charge in [-0.25, -0.2) is 4.52 Å². The molecule has 0 amide bonds. The van der Waals surface area contributed by atoms with Gasteiger partial charge in [-0.2, -0.15) is 31.4 Å². The molecule has 0 saturated carbocycles. The zero-order valence-corrected chi connectivity index (χ0v) is 13.6. The minimum Gasteiger partial charge on any atom is -0.306 e. The topological polar surface area (TPSA) is 63.0 Å². The molecule has 0 spiro atoms. The highest BCUT2D eigenvalue weighted by molar-refractivity contribution is 5.84. The fraction of sp³-hybridized carbons (Fsp3) is 0.118. The lowest BCUT2D eigenvalue weighted by Gasteiger charge is -2.10. The number of alkyl halides is 6. The monoisotopic (exact) mass is 398 g/mol. The van der Waals surface area contributed by atoms with Gasteiger partial charge in [0.1, 0.15) is 11.3 Å². The zero-order valence-electron chi connectivity index (χ0n) is 13.6. The first-order valence-corrected chi connectivity index (χ1v) is 7.71. The van der Waals surface area contributed by atoms with Crippen LogP contribution in [0.5, 0.6) is 0 Å². The summed E-state index contributed by atoms with van der Waals surface area (Å²) in [7, 11) is 0. The van der Waals surface area contributed by atoms with E-state index in [1.54, 1.807) is 0 Å². The third kappa shape index (κ3) is 2.88. The highest BCUT2D eigenvalue weighted by atomic mass is 19.4. The molecule has 28 heavy (non-hydrogen) atoms. The molecule has 0 aliphatic heterocycles. The third-order valence-corrected chi connectivity index (χ3v) is 4.10. The lowest BCUT2D eigenvalue weighted by atomic mass is 10.1. The van der Waals surface area contributed by atoms with E-state index in [2.05, 4.69) is 15.1 Å². The Balaban J connectivity index is 1.99. The molecule has 0 bridgehead atoms. The molecule has 3 heterocycles. The van der Waals surface area contributed by atoms with Gasteiger partial charge in [0.05, 0.1) is 22.2 Å². The number of rotatable bonds is 1. The molecule has 3 aromatic heterocycles. The van der Waals surface area contributed by atoms with Gasteiger partial charge in [0.25, 0.3) is 5.56 Å². The van der Waals surface area contributed by atoms with E-state index >= 15 is 0 Å². The molecule has 1 aromatic carbocycles. The first-order valence-electron chi connectivity index (χ1n) is 7.71. The summed E-state index contributed by atoms with van der Waals surface area (Å²) in [5.41, 5.74) is -3.25. The Bertz CT molecular complexity index is 1270. The number of pyridine rings is 1. The smallest absolute Gasteiger partial charge is 0.306 e. The number of nitrogens with one attached hydrogen (secondary N) is 1. The maximum atomic E-state index is 13.2. The summed E-state index contributed by atoms with van der Waals surface area (Å²) in [6.07, 6.45) is -8.48. The number of fused-ring (bicyclic) bond motifs is 3. The van der Waals surface area contributed by atoms with Crippen molar-refractivity contribution in [3.8, 4) is 11.3 Å². The van der Waals surface area contributed by atoms with Crippen LogP contribution in [-0.2, 0) is 12.4 Å². The molecule has 0 saturated heterocycles. The van der Waals surface area contributed by atoms with Gasteiger partial charge in [-0.15, -0.1) is 0 Å². The van der Waals surface area contributed by atoms with E-state index in [9.17, 15) is 31.1 Å². The number of hydrogen-bond acceptors (Lipinski definition) is 3. The predicted molar refractivity (Wildman–Crippen MR) is 86.6 cm³/mol. The van der Waals surface area contributed by atoms with Crippen molar-refractivity contribution < 1.29 is 26.3 Å². The number of nitrogens with zero attached hydrogens (tertiary/aromatic N) is 3. The van der Waals surface area contributed by atoms with Crippen LogP contribution in [0.25, 0.3) is 27.8 Å². The van der Waals surface area contributed by atoms with Crippen LogP contribution in [0.15, 0.2) is 47.4 Å². The first-order chi connectivity index (χ1) is 13.1. The zero-order chi connectivity index (χ0) is 20.3. The molecule has 0 radical (unpaired) electrons. The van der Waals surface area contributed by atoms with E-state index in [1.807, 2.05) is 0 Å². The predicted octanol–water partition coefficient (Wildman–Crippen LogP) is 4.28. The molecule has 0 aliphatic rings. The van der Waals surface area contributed by atoms with E-state index in [0.29, 0.717) is 0 Å². The summed E-state index contributed by atoms with van der Waals surface area (Å²) in [5, 5.41) is 3.47. The van der Waals surface area contributed by atoms with Gasteiger partial charge >= 0.3 is 12.4 Å². The molecule has 0 atom stereocenters. The molecule has 1 N–H and O–H groups in total. The number of H-pyrrole nitrogens is 1. The first kappa shape index (κ1) is 18.0. The number of halogens is 6. The average Bonchev–Trinajstić information content (AvgIpc) is 3.04. The summed E-state index contributed by atoms with van der Waals surface area (Å²) >= 11 is 0. The Morgan fingerprint density at radius 2 is 1.71 bits per heavy atom. The van der Waals surface area contributed by atoms with Crippen molar-refractivity contribution >= 4 is 16.6 Å². The van der Waals surface area contributed by atoms with Crippen LogP contribution in [0.1, 0.15) is 11.3 Å². The van der Waals surface area contributed by atoms with Crippen molar-refractivity contribution in [1.82, 2.24) is 19.6 Å². The summed E-state index contributed by atoms with van der Waals surface area (Å²) in [4.78, 5) is 17.8. The van der Waals surface area contributed by atoms with Gasteiger partial charge < -0.3 is 4.98 Å². The van der Waals surface area contributed by atoms with Gasteiger partial charge in [-0.3, -0.25) is 9.78 Å². The third-order valence-electron chi connectivity index (χ3n) is 4.10. The summed E-state index contributed by atoms with van der Waals surface area (Å²) in [6, 6.07) is 6.49. The van der Waals surface area contributed by atoms with Gasteiger partial charge in [0.2, 0.25) is 0 Å². The molecular formula is C17H8F6N4O. The highest BCUT2D eigenvalue weighted by Gasteiger charge is 2.34. The summed E-state index contributed by atoms with van der Waals surface area (Å²) < 4.78 is 79.3. The van der Waals surface area contributed by atoms with Crippen molar-refractivity contribution in [2.75, 3.05) is 0 Å². The van der Waals surface area contributed by atoms with Crippen LogP contribution in [0.3, 0.4) is 0 Å². The number of hydrogen-bond donors (Lipinski definition) is 1. The van der Waals surface area contributed by atoms with Crippen LogP contribution in [0.4, 0.5) is 26.3 Å². The molecule has 4 rings (SSSR count). The van der Waals surface area contributed by atoms with Crippen molar-refractivity contribution in [3.63, 3.8) is 0 Å². The second-order valence-electron chi connectivity index (χ2n) is 5.91. The van der Waals surface area contributed by atoms with Crippen LogP contribution >= 0.6 is 0 Å². The van der Waals surface area contributed by atoms with Crippen LogP contribution in [0, 0.1) is 0 Å². The Morgan fingerprint density at radius 3 is 2.39 bits per heavy atom. The molecule has 11 heteroatoms. The van der Waals surface area contributed by atoms with Crippen molar-refractivity contribution in [2.24, 2.45) is 0 Å². The van der Waals surface area contributed by atoms with Crippen LogP contribution in [-0.4, -0.2) is 19.6 Å². The average molecular weight is 398 g/mol. The van der Waals surface area contributed by atoms with E-state index in [0.717, 1.165) is 28.9 Å². The van der Waals surface area contributed by atoms with Crippen molar-refractivity contribution in [3.05, 3.63) is 64.2 Å².